The molecule has 156 valence electrons. The predicted octanol–water partition coefficient (Wildman–Crippen LogP) is 7.22. The minimum Gasteiger partial charge on any atom is -0.213 e. The van der Waals surface area contributed by atoms with Crippen molar-refractivity contribution in [2.75, 3.05) is 0 Å². The molecule has 3 nitrogen and oxygen atoms in total. The van der Waals surface area contributed by atoms with Crippen molar-refractivity contribution >= 4 is 5.57 Å². The van der Waals surface area contributed by atoms with Crippen molar-refractivity contribution < 1.29 is 0 Å². The lowest BCUT2D eigenvalue weighted by Gasteiger charge is -2.12. The van der Waals surface area contributed by atoms with E-state index in [0.717, 1.165) is 29.8 Å². The van der Waals surface area contributed by atoms with Gasteiger partial charge in [-0.15, -0.1) is 0 Å². The number of benzene rings is 3. The van der Waals surface area contributed by atoms with Crippen LogP contribution in [0.3, 0.4) is 0 Å². The summed E-state index contributed by atoms with van der Waals surface area (Å²) in [6.45, 7) is 4.04. The van der Waals surface area contributed by atoms with Gasteiger partial charge in [-0.1, -0.05) is 72.8 Å². The molecule has 0 N–H and O–H groups in total. The average molecular weight is 416 g/mol. The third-order valence-corrected chi connectivity index (χ3v) is 5.70. The van der Waals surface area contributed by atoms with Crippen LogP contribution in [0.5, 0.6) is 0 Å². The molecule has 0 spiro atoms. The van der Waals surface area contributed by atoms with Gasteiger partial charge in [0, 0.05) is 11.1 Å². The van der Waals surface area contributed by atoms with Gasteiger partial charge in [-0.25, -0.2) is 15.0 Å². The van der Waals surface area contributed by atoms with Crippen molar-refractivity contribution in [1.29, 1.82) is 0 Å². The van der Waals surface area contributed by atoms with Gasteiger partial charge in [0.2, 0.25) is 0 Å². The van der Waals surface area contributed by atoms with E-state index in [4.69, 9.17) is 4.98 Å². The minimum atomic E-state index is 0.707. The van der Waals surface area contributed by atoms with E-state index < -0.39 is 0 Å². The molecule has 32 heavy (non-hydrogen) atoms. The van der Waals surface area contributed by atoms with E-state index >= 15 is 0 Å². The molecule has 1 aliphatic carbocycles. The predicted molar refractivity (Wildman–Crippen MR) is 132 cm³/mol. The monoisotopic (exact) mass is 415 g/mol. The Labute approximate surface area is 189 Å². The van der Waals surface area contributed by atoms with Gasteiger partial charge in [-0.3, -0.25) is 0 Å². The van der Waals surface area contributed by atoms with Crippen molar-refractivity contribution in [3.8, 4) is 33.9 Å². The summed E-state index contributed by atoms with van der Waals surface area (Å²) in [5, 5.41) is 0. The van der Waals surface area contributed by atoms with Crippen LogP contribution in [-0.2, 0) is 0 Å². The van der Waals surface area contributed by atoms with E-state index in [9.17, 15) is 0 Å². The standard InChI is InChI=1S/C29H25N3/c1-20-16-26(23-12-7-4-8-13-23)19-27(17-20)29-31-21(2)30-28(32-29)25-15-9-14-24(18-25)22-10-5-3-6-11-22/h3-5,7-10,12-19H,6,11H2,1-2H3. The third kappa shape index (κ3) is 4.28. The molecule has 3 aromatic carbocycles. The highest BCUT2D eigenvalue weighted by molar-refractivity contribution is 5.74. The third-order valence-electron chi connectivity index (χ3n) is 5.70. The highest BCUT2D eigenvalue weighted by Gasteiger charge is 2.12. The van der Waals surface area contributed by atoms with Crippen molar-refractivity contribution in [2.24, 2.45) is 0 Å². The molecule has 1 aliphatic rings. The number of nitrogens with zero attached hydrogens (tertiary/aromatic N) is 3. The Morgan fingerprint density at radius 2 is 1.31 bits per heavy atom. The zero-order valence-corrected chi connectivity index (χ0v) is 18.4. The second-order valence-electron chi connectivity index (χ2n) is 8.22. The van der Waals surface area contributed by atoms with Crippen LogP contribution in [-0.4, -0.2) is 15.0 Å². The van der Waals surface area contributed by atoms with E-state index in [-0.39, 0.29) is 0 Å². The number of rotatable bonds is 4. The SMILES string of the molecule is Cc1cc(-c2ccccc2)cc(-c2nc(C)nc(-c3cccc(C4=CC=CCC4)c3)n2)c1. The molecule has 1 heterocycles. The Morgan fingerprint density at radius 3 is 2.09 bits per heavy atom. The fourth-order valence-corrected chi connectivity index (χ4v) is 4.15. The minimum absolute atomic E-state index is 0.707. The molecule has 4 aromatic rings. The van der Waals surface area contributed by atoms with Crippen molar-refractivity contribution in [3.05, 3.63) is 108 Å². The Hall–Kier alpha value is -3.85. The summed E-state index contributed by atoms with van der Waals surface area (Å²) in [5.74, 6) is 2.14. The van der Waals surface area contributed by atoms with Crippen molar-refractivity contribution in [1.82, 2.24) is 15.0 Å². The summed E-state index contributed by atoms with van der Waals surface area (Å²) >= 11 is 0. The topological polar surface area (TPSA) is 38.7 Å². The van der Waals surface area contributed by atoms with Crippen LogP contribution < -0.4 is 0 Å². The van der Waals surface area contributed by atoms with Gasteiger partial charge in [0.05, 0.1) is 0 Å². The van der Waals surface area contributed by atoms with Gasteiger partial charge < -0.3 is 0 Å². The first-order valence-corrected chi connectivity index (χ1v) is 11.0. The van der Waals surface area contributed by atoms with Gasteiger partial charge in [0.15, 0.2) is 11.6 Å². The first kappa shape index (κ1) is 20.1. The van der Waals surface area contributed by atoms with Crippen LogP contribution >= 0.6 is 0 Å². The van der Waals surface area contributed by atoms with E-state index in [1.54, 1.807) is 0 Å². The van der Waals surface area contributed by atoms with E-state index in [1.165, 1.54) is 27.8 Å². The zero-order valence-electron chi connectivity index (χ0n) is 18.4. The molecule has 0 radical (unpaired) electrons. The maximum atomic E-state index is 4.88. The maximum Gasteiger partial charge on any atom is 0.163 e. The zero-order chi connectivity index (χ0) is 21.9. The van der Waals surface area contributed by atoms with Gasteiger partial charge in [0.1, 0.15) is 5.82 Å². The molecule has 1 aromatic heterocycles. The molecule has 0 aliphatic heterocycles. The first-order chi connectivity index (χ1) is 15.7. The van der Waals surface area contributed by atoms with Crippen molar-refractivity contribution in [3.63, 3.8) is 0 Å². The number of aromatic nitrogens is 3. The van der Waals surface area contributed by atoms with E-state index in [2.05, 4.69) is 102 Å². The molecule has 0 unspecified atom stereocenters. The van der Waals surface area contributed by atoms with Gasteiger partial charge >= 0.3 is 0 Å². The highest BCUT2D eigenvalue weighted by atomic mass is 15.0. The lowest BCUT2D eigenvalue weighted by Crippen LogP contribution is -2.00. The van der Waals surface area contributed by atoms with Crippen LogP contribution in [0.2, 0.25) is 0 Å². The van der Waals surface area contributed by atoms with Crippen molar-refractivity contribution in [2.45, 2.75) is 26.7 Å². The molecule has 0 saturated carbocycles. The first-order valence-electron chi connectivity index (χ1n) is 11.0. The summed E-state index contributed by atoms with van der Waals surface area (Å²) < 4.78 is 0. The molecule has 0 bridgehead atoms. The second-order valence-corrected chi connectivity index (χ2v) is 8.22. The summed E-state index contributed by atoms with van der Waals surface area (Å²) in [6.07, 6.45) is 8.69. The molecular weight excluding hydrogens is 390 g/mol. The van der Waals surface area contributed by atoms with Crippen LogP contribution in [0, 0.1) is 13.8 Å². The van der Waals surface area contributed by atoms with Crippen LogP contribution in [0.15, 0.2) is 91.0 Å². The summed E-state index contributed by atoms with van der Waals surface area (Å²) in [7, 11) is 0. The largest absolute Gasteiger partial charge is 0.213 e. The number of allylic oxidation sites excluding steroid dienone is 4. The molecule has 3 heteroatoms. The molecule has 5 rings (SSSR count). The normalized spacial score (nSPS) is 13.1. The lowest BCUT2D eigenvalue weighted by molar-refractivity contribution is 0.991. The molecule has 0 amide bonds. The summed E-state index contributed by atoms with van der Waals surface area (Å²) in [5.41, 5.74) is 8.14. The lowest BCUT2D eigenvalue weighted by atomic mass is 9.96. The molecule has 0 atom stereocenters. The fourth-order valence-electron chi connectivity index (χ4n) is 4.15. The molecular formula is C29H25N3. The average Bonchev–Trinajstić information content (AvgIpc) is 2.84. The smallest absolute Gasteiger partial charge is 0.163 e. The van der Waals surface area contributed by atoms with Gasteiger partial charge in [-0.05, 0) is 72.7 Å². The van der Waals surface area contributed by atoms with Gasteiger partial charge in [-0.2, -0.15) is 0 Å². The Bertz CT molecular complexity index is 1330. The Morgan fingerprint density at radius 1 is 0.625 bits per heavy atom. The molecule has 0 saturated heterocycles. The van der Waals surface area contributed by atoms with E-state index in [0.29, 0.717) is 11.6 Å². The summed E-state index contributed by atoms with van der Waals surface area (Å²) in [4.78, 5) is 14.2. The molecule has 0 fully saturated rings. The maximum absolute atomic E-state index is 4.88. The fraction of sp³-hybridized carbons (Fsp3) is 0.138. The Balaban J connectivity index is 1.57. The Kier molecular flexibility index (Phi) is 5.47. The van der Waals surface area contributed by atoms with Gasteiger partial charge in [0.25, 0.3) is 0 Å². The van der Waals surface area contributed by atoms with Crippen LogP contribution in [0.1, 0.15) is 29.8 Å². The highest BCUT2D eigenvalue weighted by Crippen LogP contribution is 2.29. The van der Waals surface area contributed by atoms with Crippen LogP contribution in [0.4, 0.5) is 0 Å². The number of hydrogen-bond donors (Lipinski definition) is 0. The number of aryl methyl sites for hydroxylation is 2. The summed E-state index contributed by atoms with van der Waals surface area (Å²) in [6, 6.07) is 25.4. The second kappa shape index (κ2) is 8.72. The number of hydrogen-bond acceptors (Lipinski definition) is 3. The quantitative estimate of drug-likeness (QED) is 0.353. The van der Waals surface area contributed by atoms with E-state index in [1.807, 2.05) is 13.0 Å². The van der Waals surface area contributed by atoms with Crippen LogP contribution in [0.25, 0.3) is 39.5 Å².